The van der Waals surface area contributed by atoms with Crippen LogP contribution in [0.25, 0.3) is 5.69 Å². The van der Waals surface area contributed by atoms with E-state index in [0.29, 0.717) is 17.8 Å². The van der Waals surface area contributed by atoms with Crippen molar-refractivity contribution in [3.05, 3.63) is 47.3 Å². The molecular formula is C15H14FN5. The fraction of sp³-hybridized carbons (Fsp3) is 0.267. The number of benzene rings is 1. The van der Waals surface area contributed by atoms with E-state index < -0.39 is 0 Å². The van der Waals surface area contributed by atoms with Gasteiger partial charge < -0.3 is 5.32 Å². The Balaban J connectivity index is 2.52. The van der Waals surface area contributed by atoms with Crippen molar-refractivity contribution in [1.29, 1.82) is 10.5 Å². The van der Waals surface area contributed by atoms with E-state index in [4.69, 9.17) is 5.26 Å². The smallest absolute Gasteiger partial charge is 0.177 e. The molecule has 106 valence electrons. The number of nitriles is 2. The molecule has 2 rings (SSSR count). The Morgan fingerprint density at radius 2 is 2.10 bits per heavy atom. The van der Waals surface area contributed by atoms with Gasteiger partial charge in [0.2, 0.25) is 0 Å². The summed E-state index contributed by atoms with van der Waals surface area (Å²) < 4.78 is 15.0. The first-order valence-corrected chi connectivity index (χ1v) is 6.46. The summed E-state index contributed by atoms with van der Waals surface area (Å²) in [5.74, 6) is -0.349. The van der Waals surface area contributed by atoms with Crippen molar-refractivity contribution in [2.24, 2.45) is 0 Å². The molecule has 2 aromatic rings. The number of nitrogens with one attached hydrogen (secondary N) is 1. The van der Waals surface area contributed by atoms with Gasteiger partial charge in [-0.1, -0.05) is 13.8 Å². The van der Waals surface area contributed by atoms with Gasteiger partial charge in [0.05, 0.1) is 5.69 Å². The van der Waals surface area contributed by atoms with Gasteiger partial charge >= 0.3 is 0 Å². The van der Waals surface area contributed by atoms with Crippen LogP contribution in [-0.4, -0.2) is 15.6 Å². The summed E-state index contributed by atoms with van der Waals surface area (Å²) in [7, 11) is 0. The van der Waals surface area contributed by atoms with Crippen LogP contribution in [0.3, 0.4) is 0 Å². The maximum absolute atomic E-state index is 13.5. The van der Waals surface area contributed by atoms with E-state index in [0.717, 1.165) is 0 Å². The number of rotatable bonds is 4. The number of imidazole rings is 1. The molecular weight excluding hydrogens is 269 g/mol. The minimum absolute atomic E-state index is 0.0598. The highest BCUT2D eigenvalue weighted by molar-refractivity contribution is 5.48. The lowest BCUT2D eigenvalue weighted by Crippen LogP contribution is -2.22. The van der Waals surface area contributed by atoms with Gasteiger partial charge in [-0.25, -0.2) is 9.37 Å². The number of hydrogen-bond acceptors (Lipinski definition) is 4. The van der Waals surface area contributed by atoms with E-state index in [-0.39, 0.29) is 23.2 Å². The van der Waals surface area contributed by atoms with Crippen molar-refractivity contribution in [2.45, 2.75) is 26.4 Å². The van der Waals surface area contributed by atoms with Crippen LogP contribution in [-0.2, 0) is 6.54 Å². The molecule has 0 amide bonds. The van der Waals surface area contributed by atoms with Crippen LogP contribution in [0, 0.1) is 28.5 Å². The number of nitrogens with zero attached hydrogens (tertiary/aromatic N) is 4. The first-order chi connectivity index (χ1) is 10.1. The second-order valence-electron chi connectivity index (χ2n) is 4.84. The summed E-state index contributed by atoms with van der Waals surface area (Å²) in [5, 5.41) is 21.4. The van der Waals surface area contributed by atoms with E-state index in [1.165, 1.54) is 23.0 Å². The van der Waals surface area contributed by atoms with Crippen molar-refractivity contribution in [2.75, 3.05) is 0 Å². The molecule has 0 aliphatic carbocycles. The summed E-state index contributed by atoms with van der Waals surface area (Å²) in [6.07, 6.45) is 1.41. The fourth-order valence-corrected chi connectivity index (χ4v) is 1.96. The van der Waals surface area contributed by atoms with Crippen LogP contribution in [0.1, 0.15) is 30.8 Å². The number of hydrogen-bond donors (Lipinski definition) is 1. The molecule has 1 heterocycles. The monoisotopic (exact) mass is 283 g/mol. The fourth-order valence-electron chi connectivity index (χ4n) is 1.96. The third-order valence-corrected chi connectivity index (χ3v) is 2.98. The zero-order chi connectivity index (χ0) is 15.4. The predicted octanol–water partition coefficient (Wildman–Crippen LogP) is 2.25. The van der Waals surface area contributed by atoms with Crippen LogP contribution in [0.15, 0.2) is 24.5 Å². The van der Waals surface area contributed by atoms with Gasteiger partial charge in [-0.3, -0.25) is 4.57 Å². The van der Waals surface area contributed by atoms with E-state index in [1.807, 2.05) is 26.0 Å². The van der Waals surface area contributed by atoms with Gasteiger partial charge in [-0.05, 0) is 23.8 Å². The lowest BCUT2D eigenvalue weighted by Gasteiger charge is -2.14. The van der Waals surface area contributed by atoms with Gasteiger partial charge in [0.25, 0.3) is 0 Å². The molecule has 0 bridgehead atoms. The second kappa shape index (κ2) is 6.17. The van der Waals surface area contributed by atoms with Crippen molar-refractivity contribution in [3.63, 3.8) is 0 Å². The van der Waals surface area contributed by atoms with Gasteiger partial charge in [0.15, 0.2) is 11.4 Å². The topological polar surface area (TPSA) is 77.4 Å². The molecule has 6 heteroatoms. The van der Waals surface area contributed by atoms with Crippen LogP contribution < -0.4 is 5.32 Å². The highest BCUT2D eigenvalue weighted by atomic mass is 19.1. The zero-order valence-corrected chi connectivity index (χ0v) is 11.8. The third-order valence-electron chi connectivity index (χ3n) is 2.98. The van der Waals surface area contributed by atoms with Crippen LogP contribution in [0.2, 0.25) is 0 Å². The van der Waals surface area contributed by atoms with Crippen LogP contribution >= 0.6 is 0 Å². The first kappa shape index (κ1) is 14.7. The standard InChI is InChI=1S/C15H14FN5/c1-10(2)19-8-11-5-12(16)3-4-14(11)21-9-20-13(6-17)15(21)7-18/h3-5,9-10,19H,8H2,1-2H3. The summed E-state index contributed by atoms with van der Waals surface area (Å²) in [5.41, 5.74) is 1.54. The molecule has 0 fully saturated rings. The van der Waals surface area contributed by atoms with Crippen molar-refractivity contribution in [3.8, 4) is 17.8 Å². The third kappa shape index (κ3) is 3.07. The first-order valence-electron chi connectivity index (χ1n) is 6.46. The average molecular weight is 283 g/mol. The summed E-state index contributed by atoms with van der Waals surface area (Å²) >= 11 is 0. The summed E-state index contributed by atoms with van der Waals surface area (Å²) in [6, 6.07) is 8.40. The summed E-state index contributed by atoms with van der Waals surface area (Å²) in [6.45, 7) is 4.44. The maximum atomic E-state index is 13.5. The maximum Gasteiger partial charge on any atom is 0.177 e. The minimum atomic E-state index is -0.349. The van der Waals surface area contributed by atoms with Crippen LogP contribution in [0.4, 0.5) is 4.39 Å². The molecule has 0 radical (unpaired) electrons. The Morgan fingerprint density at radius 1 is 1.33 bits per heavy atom. The van der Waals surface area contributed by atoms with E-state index in [1.54, 1.807) is 6.07 Å². The zero-order valence-electron chi connectivity index (χ0n) is 11.8. The molecule has 0 unspecified atom stereocenters. The van der Waals surface area contributed by atoms with Crippen molar-refractivity contribution in [1.82, 2.24) is 14.9 Å². The molecule has 0 saturated heterocycles. The molecule has 0 aliphatic heterocycles. The van der Waals surface area contributed by atoms with Gasteiger partial charge in [0.1, 0.15) is 24.3 Å². The summed E-state index contributed by atoms with van der Waals surface area (Å²) in [4.78, 5) is 3.91. The van der Waals surface area contributed by atoms with E-state index in [9.17, 15) is 9.65 Å². The predicted molar refractivity (Wildman–Crippen MR) is 74.9 cm³/mol. The molecule has 1 N–H and O–H groups in total. The lowest BCUT2D eigenvalue weighted by atomic mass is 10.1. The molecule has 0 atom stereocenters. The average Bonchev–Trinajstić information content (AvgIpc) is 2.87. The normalized spacial score (nSPS) is 10.4. The molecule has 0 spiro atoms. The Bertz CT molecular complexity index is 733. The Kier molecular flexibility index (Phi) is 4.32. The lowest BCUT2D eigenvalue weighted by molar-refractivity contribution is 0.580. The highest BCUT2D eigenvalue weighted by Gasteiger charge is 2.14. The Morgan fingerprint density at radius 3 is 2.71 bits per heavy atom. The Hall–Kier alpha value is -2.70. The highest BCUT2D eigenvalue weighted by Crippen LogP contribution is 2.20. The molecule has 1 aromatic heterocycles. The van der Waals surface area contributed by atoms with Gasteiger partial charge in [0, 0.05) is 12.6 Å². The molecule has 5 nitrogen and oxygen atoms in total. The number of halogens is 1. The molecule has 0 aliphatic rings. The molecule has 0 saturated carbocycles. The molecule has 1 aromatic carbocycles. The molecule has 21 heavy (non-hydrogen) atoms. The SMILES string of the molecule is CC(C)NCc1cc(F)ccc1-n1cnc(C#N)c1C#N. The van der Waals surface area contributed by atoms with Crippen molar-refractivity contribution < 1.29 is 4.39 Å². The Labute approximate surface area is 122 Å². The minimum Gasteiger partial charge on any atom is -0.310 e. The van der Waals surface area contributed by atoms with Gasteiger partial charge in [-0.15, -0.1) is 0 Å². The van der Waals surface area contributed by atoms with Crippen molar-refractivity contribution >= 4 is 0 Å². The van der Waals surface area contributed by atoms with E-state index in [2.05, 4.69) is 10.3 Å². The van der Waals surface area contributed by atoms with E-state index >= 15 is 0 Å². The van der Waals surface area contributed by atoms with Crippen LogP contribution in [0.5, 0.6) is 0 Å². The number of aromatic nitrogens is 2. The second-order valence-corrected chi connectivity index (χ2v) is 4.84. The quantitative estimate of drug-likeness (QED) is 0.933. The largest absolute Gasteiger partial charge is 0.310 e. The van der Waals surface area contributed by atoms with Gasteiger partial charge in [-0.2, -0.15) is 10.5 Å².